The molecule has 0 saturated carbocycles. The maximum absolute atomic E-state index is 13.4. The Bertz CT molecular complexity index is 561. The molecular weight excluding hydrogens is 303 g/mol. The van der Waals surface area contributed by atoms with E-state index in [1.807, 2.05) is 11.4 Å². The van der Waals surface area contributed by atoms with E-state index in [0.717, 1.165) is 4.47 Å². The van der Waals surface area contributed by atoms with Crippen LogP contribution in [0.1, 0.15) is 15.2 Å². The molecular formula is C13H8BrFOS. The van der Waals surface area contributed by atoms with Crippen LogP contribution in [0.3, 0.4) is 0 Å². The third kappa shape index (κ3) is 3.11. The van der Waals surface area contributed by atoms with Crippen molar-refractivity contribution in [2.24, 2.45) is 0 Å². The van der Waals surface area contributed by atoms with Crippen molar-refractivity contribution in [3.05, 3.63) is 62.5 Å². The van der Waals surface area contributed by atoms with Crippen molar-refractivity contribution in [3.8, 4) is 0 Å². The molecule has 1 aromatic heterocycles. The number of allylic oxidation sites excluding steroid dienone is 1. The van der Waals surface area contributed by atoms with E-state index in [0.29, 0.717) is 10.4 Å². The smallest absolute Gasteiger partial charge is 0.195 e. The lowest BCUT2D eigenvalue weighted by Gasteiger charge is -1.97. The molecule has 0 aliphatic heterocycles. The lowest BCUT2D eigenvalue weighted by Crippen LogP contribution is -1.89. The number of carbonyl (C=O) groups excluding carboxylic acids is 1. The first-order chi connectivity index (χ1) is 8.16. The first kappa shape index (κ1) is 12.2. The Morgan fingerprint density at radius 3 is 2.88 bits per heavy atom. The number of rotatable bonds is 3. The van der Waals surface area contributed by atoms with Crippen LogP contribution in [0, 0.1) is 5.82 Å². The predicted octanol–water partition coefficient (Wildman–Crippen LogP) is 4.55. The highest BCUT2D eigenvalue weighted by molar-refractivity contribution is 9.10. The molecule has 0 bridgehead atoms. The average Bonchev–Trinajstić information content (AvgIpc) is 2.83. The molecule has 1 aromatic carbocycles. The first-order valence-corrected chi connectivity index (χ1v) is 6.55. The van der Waals surface area contributed by atoms with Crippen LogP contribution in [0.5, 0.6) is 0 Å². The van der Waals surface area contributed by atoms with Gasteiger partial charge in [0.1, 0.15) is 5.82 Å². The Morgan fingerprint density at radius 2 is 2.18 bits per heavy atom. The van der Waals surface area contributed by atoms with Crippen LogP contribution in [0.4, 0.5) is 4.39 Å². The highest BCUT2D eigenvalue weighted by atomic mass is 79.9. The van der Waals surface area contributed by atoms with Gasteiger partial charge in [0.15, 0.2) is 5.78 Å². The number of benzene rings is 1. The van der Waals surface area contributed by atoms with Gasteiger partial charge in [-0.05, 0) is 41.8 Å². The van der Waals surface area contributed by atoms with Gasteiger partial charge in [0.05, 0.1) is 4.88 Å². The van der Waals surface area contributed by atoms with Gasteiger partial charge < -0.3 is 0 Å². The summed E-state index contributed by atoms with van der Waals surface area (Å²) in [5, 5.41) is 1.83. The highest BCUT2D eigenvalue weighted by Crippen LogP contribution is 2.17. The molecule has 1 heterocycles. The van der Waals surface area contributed by atoms with Gasteiger partial charge in [-0.1, -0.05) is 22.0 Å². The molecule has 0 aliphatic carbocycles. The normalized spacial score (nSPS) is 10.9. The van der Waals surface area contributed by atoms with Gasteiger partial charge in [-0.15, -0.1) is 11.3 Å². The van der Waals surface area contributed by atoms with Gasteiger partial charge in [0.25, 0.3) is 0 Å². The number of thiophene rings is 1. The Labute approximate surface area is 111 Å². The Hall–Kier alpha value is -1.26. The molecule has 0 aliphatic rings. The minimum atomic E-state index is -0.344. The van der Waals surface area contributed by atoms with E-state index in [9.17, 15) is 9.18 Å². The zero-order chi connectivity index (χ0) is 12.3. The second-order valence-corrected chi connectivity index (χ2v) is 5.20. The lowest BCUT2D eigenvalue weighted by molar-refractivity contribution is 0.105. The minimum absolute atomic E-state index is 0.112. The summed E-state index contributed by atoms with van der Waals surface area (Å²) in [6.45, 7) is 0. The second kappa shape index (κ2) is 5.38. The summed E-state index contributed by atoms with van der Waals surface area (Å²) in [6.07, 6.45) is 2.87. The lowest BCUT2D eigenvalue weighted by atomic mass is 10.2. The summed E-state index contributed by atoms with van der Waals surface area (Å²) in [7, 11) is 0. The van der Waals surface area contributed by atoms with Crippen LogP contribution in [-0.4, -0.2) is 5.78 Å². The quantitative estimate of drug-likeness (QED) is 0.600. The number of halogens is 2. The molecule has 17 heavy (non-hydrogen) atoms. The molecule has 0 N–H and O–H groups in total. The average molecular weight is 311 g/mol. The van der Waals surface area contributed by atoms with Crippen molar-refractivity contribution >= 4 is 39.1 Å². The van der Waals surface area contributed by atoms with Crippen molar-refractivity contribution in [1.29, 1.82) is 0 Å². The molecule has 0 spiro atoms. The second-order valence-electron chi connectivity index (χ2n) is 3.34. The van der Waals surface area contributed by atoms with Crippen molar-refractivity contribution in [3.63, 3.8) is 0 Å². The molecule has 2 aromatic rings. The molecule has 4 heteroatoms. The molecule has 0 radical (unpaired) electrons. The monoisotopic (exact) mass is 310 g/mol. The SMILES string of the molecule is O=C(/C=C/c1cc(Br)ccc1F)c1cccs1. The zero-order valence-electron chi connectivity index (χ0n) is 8.69. The van der Waals surface area contributed by atoms with Gasteiger partial charge in [0, 0.05) is 10.0 Å². The minimum Gasteiger partial charge on any atom is -0.288 e. The van der Waals surface area contributed by atoms with E-state index >= 15 is 0 Å². The van der Waals surface area contributed by atoms with Crippen molar-refractivity contribution in [1.82, 2.24) is 0 Å². The standard InChI is InChI=1S/C13H8BrFOS/c14-10-4-5-11(15)9(8-10)3-6-12(16)13-2-1-7-17-13/h1-8H/b6-3+. The van der Waals surface area contributed by atoms with E-state index in [1.165, 1.54) is 29.6 Å². The molecule has 0 atom stereocenters. The predicted molar refractivity (Wildman–Crippen MR) is 71.8 cm³/mol. The molecule has 1 nitrogen and oxygen atoms in total. The number of carbonyl (C=O) groups is 1. The van der Waals surface area contributed by atoms with Gasteiger partial charge in [-0.2, -0.15) is 0 Å². The van der Waals surface area contributed by atoms with Gasteiger partial charge >= 0.3 is 0 Å². The molecule has 0 saturated heterocycles. The van der Waals surface area contributed by atoms with Crippen LogP contribution in [0.25, 0.3) is 6.08 Å². The summed E-state index contributed by atoms with van der Waals surface area (Å²) in [4.78, 5) is 12.3. The third-order valence-corrected chi connectivity index (χ3v) is 3.51. The molecule has 0 unspecified atom stereocenters. The van der Waals surface area contributed by atoms with Crippen molar-refractivity contribution < 1.29 is 9.18 Å². The fourth-order valence-electron chi connectivity index (χ4n) is 1.31. The summed E-state index contributed by atoms with van der Waals surface area (Å²) in [5.74, 6) is -0.456. The molecule has 0 fully saturated rings. The number of hydrogen-bond acceptors (Lipinski definition) is 2. The largest absolute Gasteiger partial charge is 0.288 e. The number of ketones is 1. The van der Waals surface area contributed by atoms with Crippen molar-refractivity contribution in [2.45, 2.75) is 0 Å². The molecule has 0 amide bonds. The van der Waals surface area contributed by atoms with Gasteiger partial charge in [-0.25, -0.2) is 4.39 Å². The summed E-state index contributed by atoms with van der Waals surface area (Å²) in [5.41, 5.74) is 0.393. The van der Waals surface area contributed by atoms with E-state index in [-0.39, 0.29) is 11.6 Å². The van der Waals surface area contributed by atoms with E-state index in [2.05, 4.69) is 15.9 Å². The van der Waals surface area contributed by atoms with Crippen LogP contribution in [0.15, 0.2) is 46.3 Å². The zero-order valence-corrected chi connectivity index (χ0v) is 11.1. The Kier molecular flexibility index (Phi) is 3.86. The van der Waals surface area contributed by atoms with Crippen LogP contribution in [-0.2, 0) is 0 Å². The van der Waals surface area contributed by atoms with E-state index in [4.69, 9.17) is 0 Å². The Balaban J connectivity index is 2.21. The van der Waals surface area contributed by atoms with Crippen LogP contribution < -0.4 is 0 Å². The summed E-state index contributed by atoms with van der Waals surface area (Å²) >= 11 is 4.63. The maximum Gasteiger partial charge on any atom is 0.195 e. The van der Waals surface area contributed by atoms with Crippen molar-refractivity contribution in [2.75, 3.05) is 0 Å². The fraction of sp³-hybridized carbons (Fsp3) is 0. The van der Waals surface area contributed by atoms with Gasteiger partial charge in [-0.3, -0.25) is 4.79 Å². The fourth-order valence-corrected chi connectivity index (χ4v) is 2.33. The Morgan fingerprint density at radius 1 is 1.35 bits per heavy atom. The topological polar surface area (TPSA) is 17.1 Å². The van der Waals surface area contributed by atoms with Crippen LogP contribution in [0.2, 0.25) is 0 Å². The van der Waals surface area contributed by atoms with E-state index < -0.39 is 0 Å². The summed E-state index contributed by atoms with van der Waals surface area (Å²) < 4.78 is 14.2. The summed E-state index contributed by atoms with van der Waals surface area (Å²) in [6, 6.07) is 8.17. The van der Waals surface area contributed by atoms with Crippen LogP contribution >= 0.6 is 27.3 Å². The molecule has 2 rings (SSSR count). The number of hydrogen-bond donors (Lipinski definition) is 0. The highest BCUT2D eigenvalue weighted by Gasteiger charge is 2.03. The first-order valence-electron chi connectivity index (χ1n) is 4.88. The third-order valence-electron chi connectivity index (χ3n) is 2.14. The molecule has 86 valence electrons. The van der Waals surface area contributed by atoms with E-state index in [1.54, 1.807) is 18.2 Å². The maximum atomic E-state index is 13.4. The van der Waals surface area contributed by atoms with Gasteiger partial charge in [0.2, 0.25) is 0 Å².